The van der Waals surface area contributed by atoms with Crippen LogP contribution in [0.2, 0.25) is 5.02 Å². The van der Waals surface area contributed by atoms with Crippen LogP contribution in [0.3, 0.4) is 0 Å². The van der Waals surface area contributed by atoms with Gasteiger partial charge in [-0.15, -0.1) is 0 Å². The number of rotatable bonds is 6. The topological polar surface area (TPSA) is 12.0 Å². The van der Waals surface area contributed by atoms with Gasteiger partial charge in [0.05, 0.1) is 5.02 Å². The molecule has 1 rings (SSSR count). The predicted octanol–water partition coefficient (Wildman–Crippen LogP) is 5.09. The SMILES string of the molecule is CCCCCCNc1ccc(Cl)c(Br)c1. The molecule has 0 aliphatic rings. The number of hydrogen-bond acceptors (Lipinski definition) is 1. The zero-order valence-corrected chi connectivity index (χ0v) is 11.4. The van der Waals surface area contributed by atoms with Crippen molar-refractivity contribution in [1.29, 1.82) is 0 Å². The van der Waals surface area contributed by atoms with E-state index < -0.39 is 0 Å². The molecule has 0 bridgehead atoms. The van der Waals surface area contributed by atoms with Crippen LogP contribution < -0.4 is 5.32 Å². The molecule has 0 saturated carbocycles. The van der Waals surface area contributed by atoms with E-state index in [4.69, 9.17) is 11.6 Å². The Morgan fingerprint density at radius 1 is 1.27 bits per heavy atom. The first kappa shape index (κ1) is 12.9. The number of unbranched alkanes of at least 4 members (excludes halogenated alkanes) is 3. The molecule has 84 valence electrons. The molecule has 0 radical (unpaired) electrons. The van der Waals surface area contributed by atoms with Crippen LogP contribution in [0, 0.1) is 0 Å². The van der Waals surface area contributed by atoms with E-state index in [0.717, 1.165) is 21.7 Å². The molecule has 3 heteroatoms. The number of halogens is 2. The highest BCUT2D eigenvalue weighted by atomic mass is 79.9. The maximum absolute atomic E-state index is 5.91. The molecule has 1 aromatic carbocycles. The van der Waals surface area contributed by atoms with E-state index in [0.29, 0.717) is 0 Å². The van der Waals surface area contributed by atoms with Crippen molar-refractivity contribution < 1.29 is 0 Å². The van der Waals surface area contributed by atoms with Gasteiger partial charge in [0.15, 0.2) is 0 Å². The van der Waals surface area contributed by atoms with Gasteiger partial charge in [-0.05, 0) is 40.5 Å². The Labute approximate surface area is 105 Å². The van der Waals surface area contributed by atoms with Crippen molar-refractivity contribution in [2.24, 2.45) is 0 Å². The normalized spacial score (nSPS) is 10.3. The molecule has 0 unspecified atom stereocenters. The smallest absolute Gasteiger partial charge is 0.0549 e. The highest BCUT2D eigenvalue weighted by molar-refractivity contribution is 9.10. The van der Waals surface area contributed by atoms with Gasteiger partial charge >= 0.3 is 0 Å². The molecule has 1 aromatic rings. The Bertz CT molecular complexity index is 302. The predicted molar refractivity (Wildman–Crippen MR) is 71.8 cm³/mol. The van der Waals surface area contributed by atoms with E-state index in [2.05, 4.69) is 28.2 Å². The minimum atomic E-state index is 0.756. The van der Waals surface area contributed by atoms with Crippen LogP contribution in [-0.4, -0.2) is 6.54 Å². The molecule has 15 heavy (non-hydrogen) atoms. The summed E-state index contributed by atoms with van der Waals surface area (Å²) >= 11 is 9.32. The summed E-state index contributed by atoms with van der Waals surface area (Å²) in [7, 11) is 0. The lowest BCUT2D eigenvalue weighted by molar-refractivity contribution is 0.685. The van der Waals surface area contributed by atoms with E-state index in [-0.39, 0.29) is 0 Å². The Balaban J connectivity index is 2.28. The summed E-state index contributed by atoms with van der Waals surface area (Å²) in [6, 6.07) is 5.93. The molecule has 0 saturated heterocycles. The van der Waals surface area contributed by atoms with Crippen LogP contribution in [0.4, 0.5) is 5.69 Å². The molecule has 0 fully saturated rings. The monoisotopic (exact) mass is 289 g/mol. The van der Waals surface area contributed by atoms with Gasteiger partial charge in [-0.25, -0.2) is 0 Å². The van der Waals surface area contributed by atoms with Crippen LogP contribution in [0.15, 0.2) is 22.7 Å². The Morgan fingerprint density at radius 3 is 2.73 bits per heavy atom. The number of nitrogens with one attached hydrogen (secondary N) is 1. The summed E-state index contributed by atoms with van der Waals surface area (Å²) in [5.74, 6) is 0. The summed E-state index contributed by atoms with van der Waals surface area (Å²) in [6.07, 6.45) is 5.14. The van der Waals surface area contributed by atoms with Crippen LogP contribution in [0.1, 0.15) is 32.6 Å². The van der Waals surface area contributed by atoms with Gasteiger partial charge in [-0.1, -0.05) is 37.8 Å². The Kier molecular flexibility index (Phi) is 6.11. The first-order valence-corrected chi connectivity index (χ1v) is 6.60. The quantitative estimate of drug-likeness (QED) is 0.719. The molecule has 0 spiro atoms. The molecule has 0 atom stereocenters. The van der Waals surface area contributed by atoms with E-state index in [1.54, 1.807) is 0 Å². The average molecular weight is 291 g/mol. The minimum absolute atomic E-state index is 0.756. The maximum atomic E-state index is 5.91. The second-order valence-electron chi connectivity index (χ2n) is 3.62. The third-order valence-electron chi connectivity index (χ3n) is 2.28. The van der Waals surface area contributed by atoms with Crippen LogP contribution in [-0.2, 0) is 0 Å². The van der Waals surface area contributed by atoms with Gasteiger partial charge in [-0.2, -0.15) is 0 Å². The summed E-state index contributed by atoms with van der Waals surface area (Å²) in [4.78, 5) is 0. The lowest BCUT2D eigenvalue weighted by Crippen LogP contribution is -2.01. The molecule has 0 aliphatic heterocycles. The Morgan fingerprint density at radius 2 is 2.07 bits per heavy atom. The van der Waals surface area contributed by atoms with E-state index in [9.17, 15) is 0 Å². The van der Waals surface area contributed by atoms with Gasteiger partial charge < -0.3 is 5.32 Å². The van der Waals surface area contributed by atoms with Gasteiger partial charge in [0, 0.05) is 16.7 Å². The molecule has 0 amide bonds. The highest BCUT2D eigenvalue weighted by Gasteiger charge is 1.97. The fraction of sp³-hybridized carbons (Fsp3) is 0.500. The van der Waals surface area contributed by atoms with Crippen molar-refractivity contribution in [1.82, 2.24) is 0 Å². The standard InChI is InChI=1S/C12H17BrClN/c1-2-3-4-5-8-15-10-6-7-12(14)11(13)9-10/h6-7,9,15H,2-5,8H2,1H3. The molecule has 1 N–H and O–H groups in total. The van der Waals surface area contributed by atoms with Gasteiger partial charge in [0.1, 0.15) is 0 Å². The van der Waals surface area contributed by atoms with E-state index in [1.165, 1.54) is 25.7 Å². The summed E-state index contributed by atoms with van der Waals surface area (Å²) in [5, 5.41) is 4.14. The summed E-state index contributed by atoms with van der Waals surface area (Å²) in [5.41, 5.74) is 1.13. The van der Waals surface area contributed by atoms with Crippen molar-refractivity contribution in [3.63, 3.8) is 0 Å². The van der Waals surface area contributed by atoms with E-state index in [1.807, 2.05) is 18.2 Å². The van der Waals surface area contributed by atoms with Gasteiger partial charge in [-0.3, -0.25) is 0 Å². The van der Waals surface area contributed by atoms with E-state index >= 15 is 0 Å². The lowest BCUT2D eigenvalue weighted by atomic mass is 10.2. The third-order valence-corrected chi connectivity index (χ3v) is 3.49. The summed E-state index contributed by atoms with van der Waals surface area (Å²) in [6.45, 7) is 3.26. The first-order chi connectivity index (χ1) is 7.24. The number of hydrogen-bond donors (Lipinski definition) is 1. The lowest BCUT2D eigenvalue weighted by Gasteiger charge is -2.07. The first-order valence-electron chi connectivity index (χ1n) is 5.43. The van der Waals surface area contributed by atoms with Gasteiger partial charge in [0.25, 0.3) is 0 Å². The second kappa shape index (κ2) is 7.13. The minimum Gasteiger partial charge on any atom is -0.385 e. The number of benzene rings is 1. The maximum Gasteiger partial charge on any atom is 0.0549 e. The second-order valence-corrected chi connectivity index (χ2v) is 4.88. The molecular formula is C12H17BrClN. The fourth-order valence-corrected chi connectivity index (χ4v) is 1.89. The van der Waals surface area contributed by atoms with Crippen molar-refractivity contribution in [3.8, 4) is 0 Å². The van der Waals surface area contributed by atoms with Crippen molar-refractivity contribution in [2.75, 3.05) is 11.9 Å². The van der Waals surface area contributed by atoms with Crippen LogP contribution in [0.5, 0.6) is 0 Å². The third kappa shape index (κ3) is 4.89. The summed E-state index contributed by atoms with van der Waals surface area (Å²) < 4.78 is 0.947. The molecule has 1 nitrogen and oxygen atoms in total. The molecular weight excluding hydrogens is 273 g/mol. The molecule has 0 aromatic heterocycles. The molecule has 0 heterocycles. The van der Waals surface area contributed by atoms with Crippen LogP contribution >= 0.6 is 27.5 Å². The fourth-order valence-electron chi connectivity index (χ4n) is 1.39. The average Bonchev–Trinajstić information content (AvgIpc) is 2.23. The molecule has 0 aliphatic carbocycles. The van der Waals surface area contributed by atoms with Crippen molar-refractivity contribution in [2.45, 2.75) is 32.6 Å². The largest absolute Gasteiger partial charge is 0.385 e. The Hall–Kier alpha value is -0.210. The highest BCUT2D eigenvalue weighted by Crippen LogP contribution is 2.25. The van der Waals surface area contributed by atoms with Crippen molar-refractivity contribution >= 4 is 33.2 Å². The number of anilines is 1. The van der Waals surface area contributed by atoms with Crippen molar-refractivity contribution in [3.05, 3.63) is 27.7 Å². The zero-order chi connectivity index (χ0) is 11.1. The zero-order valence-electron chi connectivity index (χ0n) is 9.02. The van der Waals surface area contributed by atoms with Gasteiger partial charge in [0.2, 0.25) is 0 Å². The van der Waals surface area contributed by atoms with Crippen LogP contribution in [0.25, 0.3) is 0 Å².